The third-order valence-electron chi connectivity index (χ3n) is 1.51. The highest BCUT2D eigenvalue weighted by molar-refractivity contribution is 6.50. The van der Waals surface area contributed by atoms with E-state index < -0.39 is 0 Å². The maximum atomic E-state index is 5.72. The largest absolute Gasteiger partial charge is 0.121 e. The average Bonchev–Trinajstić information content (AvgIpc) is 2.15. The van der Waals surface area contributed by atoms with Crippen LogP contribution in [0, 0.1) is 12.8 Å². The summed E-state index contributed by atoms with van der Waals surface area (Å²) in [6.45, 7) is 3.71. The molecule has 0 aromatic heterocycles. The summed E-state index contributed by atoms with van der Waals surface area (Å²) in [5, 5.41) is 0. The van der Waals surface area contributed by atoms with Crippen molar-refractivity contribution in [2.45, 2.75) is 23.6 Å². The lowest BCUT2D eigenvalue weighted by atomic mass is 10.2. The van der Waals surface area contributed by atoms with Crippen molar-refractivity contribution in [3.05, 3.63) is 6.92 Å². The Morgan fingerprint density at radius 1 is 1.62 bits per heavy atom. The highest BCUT2D eigenvalue weighted by atomic mass is 35.5. The second-order valence-electron chi connectivity index (χ2n) is 2.30. The summed E-state index contributed by atoms with van der Waals surface area (Å²) in [7, 11) is 0. The van der Waals surface area contributed by atoms with Crippen LogP contribution in [-0.4, -0.2) is 4.33 Å². The summed E-state index contributed by atoms with van der Waals surface area (Å²) in [5.41, 5.74) is 0. The molecule has 1 aliphatic carbocycles. The van der Waals surface area contributed by atoms with E-state index in [2.05, 4.69) is 6.92 Å². The Morgan fingerprint density at radius 2 is 2.12 bits per heavy atom. The van der Waals surface area contributed by atoms with Gasteiger partial charge in [0, 0.05) is 0 Å². The Kier molecular flexibility index (Phi) is 1.74. The van der Waals surface area contributed by atoms with Gasteiger partial charge in [0.2, 0.25) is 0 Å². The van der Waals surface area contributed by atoms with Crippen LogP contribution in [0.15, 0.2) is 0 Å². The van der Waals surface area contributed by atoms with E-state index >= 15 is 0 Å². The van der Waals surface area contributed by atoms with Crippen LogP contribution in [-0.2, 0) is 0 Å². The molecule has 1 saturated carbocycles. The third kappa shape index (κ3) is 1.29. The second-order valence-corrected chi connectivity index (χ2v) is 3.85. The minimum Gasteiger partial charge on any atom is -0.101 e. The number of halogens is 2. The lowest BCUT2D eigenvalue weighted by Crippen LogP contribution is -1.87. The van der Waals surface area contributed by atoms with Gasteiger partial charge in [0.1, 0.15) is 4.33 Å². The second kappa shape index (κ2) is 2.07. The fraction of sp³-hybridized carbons (Fsp3) is 0.833. The van der Waals surface area contributed by atoms with Crippen LogP contribution in [0.3, 0.4) is 0 Å². The van der Waals surface area contributed by atoms with Gasteiger partial charge >= 0.3 is 0 Å². The molecular formula is C6H9Cl2. The molecule has 0 N–H and O–H groups in total. The van der Waals surface area contributed by atoms with Crippen molar-refractivity contribution >= 4 is 23.2 Å². The molecule has 0 spiro atoms. The monoisotopic (exact) mass is 151 g/mol. The quantitative estimate of drug-likeness (QED) is 0.533. The summed E-state index contributed by atoms with van der Waals surface area (Å²) >= 11 is 11.4. The van der Waals surface area contributed by atoms with Gasteiger partial charge in [0.05, 0.1) is 0 Å². The zero-order chi connectivity index (χ0) is 6.20. The minimum absolute atomic E-state index is 0.377. The lowest BCUT2D eigenvalue weighted by molar-refractivity contribution is 0.731. The molecule has 0 bridgehead atoms. The first-order valence-corrected chi connectivity index (χ1v) is 3.59. The molecule has 0 nitrogen and oxygen atoms in total. The fourth-order valence-electron chi connectivity index (χ4n) is 0.829. The lowest BCUT2D eigenvalue weighted by Gasteiger charge is -1.93. The predicted molar refractivity (Wildman–Crippen MR) is 37.1 cm³/mol. The normalized spacial score (nSPS) is 32.6. The van der Waals surface area contributed by atoms with Crippen molar-refractivity contribution in [2.75, 3.05) is 0 Å². The Labute approximate surface area is 60.2 Å². The molecule has 0 saturated heterocycles. The van der Waals surface area contributed by atoms with E-state index in [9.17, 15) is 0 Å². The zero-order valence-corrected chi connectivity index (χ0v) is 6.17. The molecule has 0 aromatic carbocycles. The molecule has 47 valence electrons. The fourth-order valence-corrected chi connectivity index (χ4v) is 1.42. The van der Waals surface area contributed by atoms with Crippen LogP contribution in [0.5, 0.6) is 0 Å². The van der Waals surface area contributed by atoms with Crippen LogP contribution < -0.4 is 0 Å². The number of rotatable bonds is 2. The maximum absolute atomic E-state index is 5.72. The summed E-state index contributed by atoms with van der Waals surface area (Å²) in [4.78, 5) is 0. The van der Waals surface area contributed by atoms with Gasteiger partial charge in [-0.25, -0.2) is 0 Å². The SMILES string of the molecule is [CH2]CCC1CC1(Cl)Cl. The van der Waals surface area contributed by atoms with Gasteiger partial charge in [-0.05, 0) is 18.8 Å². The molecule has 8 heavy (non-hydrogen) atoms. The molecule has 0 aliphatic heterocycles. The number of hydrogen-bond acceptors (Lipinski definition) is 0. The summed E-state index contributed by atoms with van der Waals surface area (Å²) in [6.07, 6.45) is 2.99. The molecule has 1 atom stereocenters. The standard InChI is InChI=1S/C6H9Cl2/c1-2-3-5-4-6(5,7)8/h5H,1-4H2. The third-order valence-corrected chi connectivity index (χ3v) is 2.43. The maximum Gasteiger partial charge on any atom is 0.121 e. The van der Waals surface area contributed by atoms with Gasteiger partial charge in [-0.15, -0.1) is 23.2 Å². The molecule has 1 fully saturated rings. The van der Waals surface area contributed by atoms with Crippen molar-refractivity contribution in [2.24, 2.45) is 5.92 Å². The van der Waals surface area contributed by atoms with Crippen LogP contribution in [0.4, 0.5) is 0 Å². The molecule has 0 amide bonds. The number of alkyl halides is 2. The van der Waals surface area contributed by atoms with Gasteiger partial charge in [0.25, 0.3) is 0 Å². The van der Waals surface area contributed by atoms with Gasteiger partial charge in [-0.3, -0.25) is 0 Å². The van der Waals surface area contributed by atoms with E-state index in [0.29, 0.717) is 5.92 Å². The van der Waals surface area contributed by atoms with Gasteiger partial charge in [0.15, 0.2) is 0 Å². The molecule has 0 aromatic rings. The average molecular weight is 152 g/mol. The van der Waals surface area contributed by atoms with Crippen molar-refractivity contribution in [3.63, 3.8) is 0 Å². The van der Waals surface area contributed by atoms with E-state index in [4.69, 9.17) is 23.2 Å². The van der Waals surface area contributed by atoms with Crippen LogP contribution in [0.25, 0.3) is 0 Å². The molecule has 1 radical (unpaired) electrons. The molecule has 1 rings (SSSR count). The smallest absolute Gasteiger partial charge is 0.101 e. The Bertz CT molecular complexity index is 88.5. The first-order chi connectivity index (χ1) is 3.67. The van der Waals surface area contributed by atoms with E-state index in [1.807, 2.05) is 0 Å². The first kappa shape index (κ1) is 6.70. The Balaban J connectivity index is 2.17. The van der Waals surface area contributed by atoms with Gasteiger partial charge < -0.3 is 0 Å². The molecule has 0 heterocycles. The molecular weight excluding hydrogens is 143 g/mol. The Morgan fingerprint density at radius 3 is 2.25 bits per heavy atom. The molecule has 1 unspecified atom stereocenters. The van der Waals surface area contributed by atoms with Gasteiger partial charge in [-0.2, -0.15) is 0 Å². The topological polar surface area (TPSA) is 0 Å². The first-order valence-electron chi connectivity index (χ1n) is 2.84. The van der Waals surface area contributed by atoms with E-state index in [1.54, 1.807) is 0 Å². The van der Waals surface area contributed by atoms with Crippen LogP contribution in [0.1, 0.15) is 19.3 Å². The Hall–Kier alpha value is 0.580. The van der Waals surface area contributed by atoms with E-state index in [0.717, 1.165) is 19.3 Å². The highest BCUT2D eigenvalue weighted by Crippen LogP contribution is 2.55. The van der Waals surface area contributed by atoms with Crippen LogP contribution in [0.2, 0.25) is 0 Å². The van der Waals surface area contributed by atoms with Crippen molar-refractivity contribution in [1.82, 2.24) is 0 Å². The zero-order valence-electron chi connectivity index (χ0n) is 4.66. The summed E-state index contributed by atoms with van der Waals surface area (Å²) < 4.78 is -0.377. The van der Waals surface area contributed by atoms with Crippen molar-refractivity contribution in [1.29, 1.82) is 0 Å². The summed E-state index contributed by atoms with van der Waals surface area (Å²) in [5.74, 6) is 0.531. The van der Waals surface area contributed by atoms with Gasteiger partial charge in [-0.1, -0.05) is 13.3 Å². The molecule has 2 heteroatoms. The molecule has 1 aliphatic rings. The van der Waals surface area contributed by atoms with E-state index in [1.165, 1.54) is 0 Å². The number of hydrogen-bond donors (Lipinski definition) is 0. The summed E-state index contributed by atoms with van der Waals surface area (Å²) in [6, 6.07) is 0. The highest BCUT2D eigenvalue weighted by Gasteiger charge is 2.50. The predicted octanol–water partition coefficient (Wildman–Crippen LogP) is 2.79. The van der Waals surface area contributed by atoms with Crippen molar-refractivity contribution in [3.8, 4) is 0 Å². The van der Waals surface area contributed by atoms with Crippen LogP contribution >= 0.6 is 23.2 Å². The minimum atomic E-state index is -0.377. The van der Waals surface area contributed by atoms with Crippen molar-refractivity contribution < 1.29 is 0 Å². The van der Waals surface area contributed by atoms with E-state index in [-0.39, 0.29) is 4.33 Å².